The first kappa shape index (κ1) is 10.1. The molecule has 2 unspecified atom stereocenters. The molecule has 4 heteroatoms. The van der Waals surface area contributed by atoms with Gasteiger partial charge in [-0.2, -0.15) is 0 Å². The van der Waals surface area contributed by atoms with Crippen LogP contribution in [-0.4, -0.2) is 29.7 Å². The lowest BCUT2D eigenvalue weighted by Gasteiger charge is -2.10. The fraction of sp³-hybridized carbons (Fsp3) is 0.364. The van der Waals surface area contributed by atoms with Crippen LogP contribution in [0.1, 0.15) is 6.42 Å². The van der Waals surface area contributed by atoms with Crippen molar-refractivity contribution in [3.05, 3.63) is 30.3 Å². The maximum absolute atomic E-state index is 11.7. The van der Waals surface area contributed by atoms with Crippen LogP contribution in [0, 0.1) is 0 Å². The topological polar surface area (TPSA) is 61.4 Å². The predicted molar refractivity (Wildman–Crippen MR) is 57.5 cm³/mol. The summed E-state index contributed by atoms with van der Waals surface area (Å²) in [5, 5.41) is 15.0. The summed E-state index contributed by atoms with van der Waals surface area (Å²) in [6.45, 7) is 0.493. The van der Waals surface area contributed by atoms with Gasteiger partial charge in [-0.15, -0.1) is 0 Å². The van der Waals surface area contributed by atoms with E-state index in [0.717, 1.165) is 5.69 Å². The van der Waals surface area contributed by atoms with Crippen LogP contribution in [0.25, 0.3) is 0 Å². The van der Waals surface area contributed by atoms with Gasteiger partial charge in [-0.05, 0) is 18.6 Å². The van der Waals surface area contributed by atoms with E-state index in [0.29, 0.717) is 13.0 Å². The molecule has 0 saturated carbocycles. The molecular formula is C11H14N2O2. The van der Waals surface area contributed by atoms with Gasteiger partial charge in [0.2, 0.25) is 5.91 Å². The van der Waals surface area contributed by atoms with Crippen LogP contribution in [0.15, 0.2) is 30.3 Å². The summed E-state index contributed by atoms with van der Waals surface area (Å²) in [5.41, 5.74) is 0.783. The molecule has 4 nitrogen and oxygen atoms in total. The van der Waals surface area contributed by atoms with Crippen molar-refractivity contribution in [2.75, 3.05) is 11.9 Å². The molecule has 0 spiro atoms. The minimum Gasteiger partial charge on any atom is -0.392 e. The summed E-state index contributed by atoms with van der Waals surface area (Å²) < 4.78 is 0. The van der Waals surface area contributed by atoms with Crippen LogP contribution in [-0.2, 0) is 4.79 Å². The number of aliphatic hydroxyl groups excluding tert-OH is 1. The minimum absolute atomic E-state index is 0.0854. The van der Waals surface area contributed by atoms with Crippen molar-refractivity contribution in [1.29, 1.82) is 0 Å². The van der Waals surface area contributed by atoms with E-state index < -0.39 is 6.10 Å². The molecule has 1 aliphatic rings. The van der Waals surface area contributed by atoms with Gasteiger partial charge in [0, 0.05) is 12.2 Å². The predicted octanol–water partition coefficient (Wildman–Crippen LogP) is 0.348. The molecule has 1 aromatic rings. The highest BCUT2D eigenvalue weighted by molar-refractivity contribution is 5.95. The summed E-state index contributed by atoms with van der Waals surface area (Å²) in [6.07, 6.45) is 0.0788. The van der Waals surface area contributed by atoms with Crippen LogP contribution < -0.4 is 10.6 Å². The van der Waals surface area contributed by atoms with Gasteiger partial charge in [0.05, 0.1) is 12.1 Å². The second-order valence-electron chi connectivity index (χ2n) is 3.71. The molecule has 15 heavy (non-hydrogen) atoms. The van der Waals surface area contributed by atoms with Crippen LogP contribution >= 0.6 is 0 Å². The Bertz CT molecular complexity index is 340. The Hall–Kier alpha value is -1.39. The van der Waals surface area contributed by atoms with Gasteiger partial charge < -0.3 is 15.7 Å². The largest absolute Gasteiger partial charge is 0.392 e. The van der Waals surface area contributed by atoms with Crippen molar-refractivity contribution < 1.29 is 9.90 Å². The first-order valence-electron chi connectivity index (χ1n) is 5.03. The van der Waals surface area contributed by atoms with Crippen LogP contribution in [0.3, 0.4) is 0 Å². The van der Waals surface area contributed by atoms with Crippen molar-refractivity contribution in [3.63, 3.8) is 0 Å². The molecule has 1 saturated heterocycles. The average Bonchev–Trinajstić information content (AvgIpc) is 2.66. The minimum atomic E-state index is -0.406. The van der Waals surface area contributed by atoms with E-state index in [1.165, 1.54) is 0 Å². The highest BCUT2D eigenvalue weighted by Gasteiger charge is 2.27. The number of nitrogens with one attached hydrogen (secondary N) is 2. The highest BCUT2D eigenvalue weighted by atomic mass is 16.3. The second kappa shape index (κ2) is 4.42. The van der Waals surface area contributed by atoms with Gasteiger partial charge in [0.1, 0.15) is 0 Å². The number of para-hydroxylation sites is 1. The molecule has 1 aromatic carbocycles. The third-order valence-corrected chi connectivity index (χ3v) is 2.47. The van der Waals surface area contributed by atoms with E-state index in [4.69, 9.17) is 0 Å². The van der Waals surface area contributed by atoms with Gasteiger partial charge in [-0.25, -0.2) is 0 Å². The van der Waals surface area contributed by atoms with Gasteiger partial charge in [-0.3, -0.25) is 4.79 Å². The number of hydrogen-bond donors (Lipinski definition) is 3. The number of carbonyl (C=O) groups excluding carboxylic acids is 1. The van der Waals surface area contributed by atoms with E-state index in [2.05, 4.69) is 10.6 Å². The molecule has 1 heterocycles. The quantitative estimate of drug-likeness (QED) is 0.654. The molecule has 1 aliphatic heterocycles. The molecule has 2 rings (SSSR count). The van der Waals surface area contributed by atoms with Gasteiger partial charge >= 0.3 is 0 Å². The summed E-state index contributed by atoms with van der Waals surface area (Å²) in [5.74, 6) is -0.0854. The molecule has 1 fully saturated rings. The van der Waals surface area contributed by atoms with E-state index in [1.807, 2.05) is 30.3 Å². The molecule has 80 valence electrons. The van der Waals surface area contributed by atoms with Gasteiger partial charge in [0.15, 0.2) is 0 Å². The highest BCUT2D eigenvalue weighted by Crippen LogP contribution is 2.10. The lowest BCUT2D eigenvalue weighted by Crippen LogP contribution is -2.35. The third-order valence-electron chi connectivity index (χ3n) is 2.47. The molecule has 0 aromatic heterocycles. The molecule has 3 N–H and O–H groups in total. The number of benzene rings is 1. The lowest BCUT2D eigenvalue weighted by molar-refractivity contribution is -0.117. The molecule has 0 aliphatic carbocycles. The summed E-state index contributed by atoms with van der Waals surface area (Å²) in [4.78, 5) is 11.7. The fourth-order valence-electron chi connectivity index (χ4n) is 1.67. The fourth-order valence-corrected chi connectivity index (χ4v) is 1.67. The van der Waals surface area contributed by atoms with Crippen molar-refractivity contribution in [3.8, 4) is 0 Å². The summed E-state index contributed by atoms with van der Waals surface area (Å²) >= 11 is 0. The summed E-state index contributed by atoms with van der Waals surface area (Å²) in [6, 6.07) is 9.03. The number of carbonyl (C=O) groups is 1. The molecule has 0 bridgehead atoms. The van der Waals surface area contributed by atoms with E-state index in [9.17, 15) is 9.90 Å². The zero-order chi connectivity index (χ0) is 10.7. The van der Waals surface area contributed by atoms with Crippen LogP contribution in [0.2, 0.25) is 0 Å². The van der Waals surface area contributed by atoms with Gasteiger partial charge in [0.25, 0.3) is 0 Å². The van der Waals surface area contributed by atoms with E-state index in [1.54, 1.807) is 0 Å². The van der Waals surface area contributed by atoms with Crippen LogP contribution in [0.4, 0.5) is 5.69 Å². The Morgan fingerprint density at radius 2 is 2.13 bits per heavy atom. The first-order chi connectivity index (χ1) is 7.25. The maximum atomic E-state index is 11.7. The number of amides is 1. The first-order valence-corrected chi connectivity index (χ1v) is 5.03. The maximum Gasteiger partial charge on any atom is 0.241 e. The standard InChI is InChI=1S/C11H14N2O2/c14-9-6-10(12-7-9)11(15)13-8-4-2-1-3-5-8/h1-5,9-10,12,14H,6-7H2,(H,13,15). The Balaban J connectivity index is 1.93. The third kappa shape index (κ3) is 2.55. The van der Waals surface area contributed by atoms with Crippen molar-refractivity contribution in [2.24, 2.45) is 0 Å². The Morgan fingerprint density at radius 3 is 2.73 bits per heavy atom. The Morgan fingerprint density at radius 1 is 1.40 bits per heavy atom. The number of β-amino-alcohol motifs (C(OH)–C–C–N with tert-alkyl or cyclic N) is 1. The monoisotopic (exact) mass is 206 g/mol. The normalized spacial score (nSPS) is 25.1. The average molecular weight is 206 g/mol. The molecule has 2 atom stereocenters. The Labute approximate surface area is 88.3 Å². The van der Waals surface area contributed by atoms with Crippen molar-refractivity contribution in [1.82, 2.24) is 5.32 Å². The molecular weight excluding hydrogens is 192 g/mol. The van der Waals surface area contributed by atoms with Crippen LogP contribution in [0.5, 0.6) is 0 Å². The summed E-state index contributed by atoms with van der Waals surface area (Å²) in [7, 11) is 0. The van der Waals surface area contributed by atoms with Crippen molar-refractivity contribution in [2.45, 2.75) is 18.6 Å². The number of anilines is 1. The smallest absolute Gasteiger partial charge is 0.241 e. The SMILES string of the molecule is O=C(Nc1ccccc1)C1CC(O)CN1. The number of aliphatic hydroxyl groups is 1. The van der Waals surface area contributed by atoms with E-state index in [-0.39, 0.29) is 11.9 Å². The zero-order valence-corrected chi connectivity index (χ0v) is 8.31. The lowest BCUT2D eigenvalue weighted by atomic mass is 10.2. The van der Waals surface area contributed by atoms with Crippen molar-refractivity contribution >= 4 is 11.6 Å². The molecule has 0 radical (unpaired) electrons. The number of rotatable bonds is 2. The van der Waals surface area contributed by atoms with E-state index >= 15 is 0 Å². The van der Waals surface area contributed by atoms with Gasteiger partial charge in [-0.1, -0.05) is 18.2 Å². The Kier molecular flexibility index (Phi) is 2.99. The second-order valence-corrected chi connectivity index (χ2v) is 3.71. The molecule has 1 amide bonds. The zero-order valence-electron chi connectivity index (χ0n) is 8.31. The number of hydrogen-bond acceptors (Lipinski definition) is 3.